The molecule has 1 atom stereocenters. The monoisotopic (exact) mass is 466 g/mol. The van der Waals surface area contributed by atoms with E-state index in [2.05, 4.69) is 10.0 Å². The molecule has 0 spiro atoms. The first-order chi connectivity index (χ1) is 15.7. The number of carbonyl (C=O) groups is 2. The molecule has 33 heavy (non-hydrogen) atoms. The third-order valence-corrected chi connectivity index (χ3v) is 6.53. The number of Topliss-reactive ketones (excluding diaryl/α,β-unsaturated/α-hetero) is 1. The summed E-state index contributed by atoms with van der Waals surface area (Å²) in [7, 11) is -2.70. The molecule has 0 heterocycles. The molecule has 0 aromatic heterocycles. The summed E-state index contributed by atoms with van der Waals surface area (Å²) >= 11 is 0. The highest BCUT2D eigenvalue weighted by Gasteiger charge is 2.28. The van der Waals surface area contributed by atoms with E-state index >= 15 is 0 Å². The Morgan fingerprint density at radius 3 is 2.36 bits per heavy atom. The van der Waals surface area contributed by atoms with E-state index in [0.717, 1.165) is 11.1 Å². The molecule has 0 bridgehead atoms. The molecule has 0 radical (unpaired) electrons. The highest BCUT2D eigenvalue weighted by molar-refractivity contribution is 7.89. The van der Waals surface area contributed by atoms with Crippen LogP contribution >= 0.6 is 0 Å². The first kappa shape index (κ1) is 24.2. The van der Waals surface area contributed by atoms with Crippen molar-refractivity contribution in [1.29, 1.82) is 0 Å². The zero-order chi connectivity index (χ0) is 24.0. The second-order valence-corrected chi connectivity index (χ2v) is 9.33. The molecule has 7 nitrogen and oxygen atoms in total. The topological polar surface area (TPSA) is 102 Å². The van der Waals surface area contributed by atoms with Gasteiger partial charge in [0.05, 0.1) is 7.11 Å². The molecule has 0 aliphatic rings. The molecular formula is C25H26N2O5S. The Balaban J connectivity index is 1.93. The van der Waals surface area contributed by atoms with Crippen molar-refractivity contribution in [1.82, 2.24) is 4.72 Å². The first-order valence-corrected chi connectivity index (χ1v) is 11.8. The molecule has 0 aliphatic carbocycles. The van der Waals surface area contributed by atoms with Crippen molar-refractivity contribution in [3.05, 3.63) is 89.5 Å². The number of carbonyl (C=O) groups excluding carboxylic acids is 2. The molecule has 8 heteroatoms. The van der Waals surface area contributed by atoms with Gasteiger partial charge in [0.25, 0.3) is 0 Å². The maximum Gasteiger partial charge on any atom is 0.245 e. The van der Waals surface area contributed by atoms with Crippen molar-refractivity contribution in [2.24, 2.45) is 0 Å². The van der Waals surface area contributed by atoms with Crippen LogP contribution in [-0.4, -0.2) is 33.3 Å². The van der Waals surface area contributed by atoms with Crippen molar-refractivity contribution in [2.45, 2.75) is 31.2 Å². The summed E-state index contributed by atoms with van der Waals surface area (Å²) in [6.45, 7) is 3.21. The Hall–Kier alpha value is -3.49. The number of aryl methyl sites for hydroxylation is 1. The zero-order valence-corrected chi connectivity index (χ0v) is 19.5. The van der Waals surface area contributed by atoms with E-state index in [1.165, 1.54) is 20.1 Å². The number of hydrogen-bond donors (Lipinski definition) is 2. The lowest BCUT2D eigenvalue weighted by molar-refractivity contribution is -0.117. The van der Waals surface area contributed by atoms with Gasteiger partial charge in [0.15, 0.2) is 5.78 Å². The number of anilines is 1. The van der Waals surface area contributed by atoms with Gasteiger partial charge >= 0.3 is 0 Å². The van der Waals surface area contributed by atoms with Gasteiger partial charge in [-0.15, -0.1) is 0 Å². The molecule has 1 amide bonds. The SMILES string of the molecule is COc1ccc(C)cc1S(=O)(=O)N[C@H](Cc1ccccc1)C(=O)Nc1cccc(C(C)=O)c1. The Bertz CT molecular complexity index is 1260. The lowest BCUT2D eigenvalue weighted by Gasteiger charge is -2.20. The Morgan fingerprint density at radius 2 is 1.70 bits per heavy atom. The minimum Gasteiger partial charge on any atom is -0.495 e. The van der Waals surface area contributed by atoms with Gasteiger partial charge in [-0.25, -0.2) is 8.42 Å². The number of sulfonamides is 1. The van der Waals surface area contributed by atoms with Gasteiger partial charge in [-0.05, 0) is 55.7 Å². The summed E-state index contributed by atoms with van der Waals surface area (Å²) in [5.74, 6) is -0.505. The van der Waals surface area contributed by atoms with Crippen LogP contribution < -0.4 is 14.8 Å². The third kappa shape index (κ3) is 6.27. The van der Waals surface area contributed by atoms with Gasteiger partial charge in [0.1, 0.15) is 16.7 Å². The summed E-state index contributed by atoms with van der Waals surface area (Å²) in [6, 6.07) is 19.3. The molecule has 3 aromatic carbocycles. The van der Waals surface area contributed by atoms with Crippen molar-refractivity contribution in [3.63, 3.8) is 0 Å². The summed E-state index contributed by atoms with van der Waals surface area (Å²) in [5.41, 5.74) is 2.37. The number of amides is 1. The van der Waals surface area contributed by atoms with Crippen LogP contribution in [0, 0.1) is 6.92 Å². The van der Waals surface area contributed by atoms with E-state index in [1.54, 1.807) is 43.3 Å². The first-order valence-electron chi connectivity index (χ1n) is 10.3. The van der Waals surface area contributed by atoms with Crippen molar-refractivity contribution in [3.8, 4) is 5.75 Å². The fraction of sp³-hybridized carbons (Fsp3) is 0.200. The number of hydrogen-bond acceptors (Lipinski definition) is 5. The number of ketones is 1. The van der Waals surface area contributed by atoms with Gasteiger partial charge in [0, 0.05) is 11.3 Å². The van der Waals surface area contributed by atoms with E-state index in [-0.39, 0.29) is 22.8 Å². The highest BCUT2D eigenvalue weighted by Crippen LogP contribution is 2.25. The Labute approximate surface area is 193 Å². The van der Waals surface area contributed by atoms with Crippen LogP contribution in [0.15, 0.2) is 77.7 Å². The van der Waals surface area contributed by atoms with E-state index in [1.807, 2.05) is 30.3 Å². The minimum absolute atomic E-state index is 0.0468. The fourth-order valence-corrected chi connectivity index (χ4v) is 4.78. The summed E-state index contributed by atoms with van der Waals surface area (Å²) < 4.78 is 34.3. The van der Waals surface area contributed by atoms with Gasteiger partial charge in [0.2, 0.25) is 15.9 Å². The predicted octanol–water partition coefficient (Wildman–Crippen LogP) is 3.73. The average Bonchev–Trinajstić information content (AvgIpc) is 2.79. The Morgan fingerprint density at radius 1 is 0.970 bits per heavy atom. The molecule has 0 unspecified atom stereocenters. The van der Waals surface area contributed by atoms with Crippen molar-refractivity contribution < 1.29 is 22.7 Å². The molecule has 3 rings (SSSR count). The van der Waals surface area contributed by atoms with E-state index in [9.17, 15) is 18.0 Å². The molecule has 0 aliphatic heterocycles. The molecule has 3 aromatic rings. The maximum atomic E-state index is 13.2. The van der Waals surface area contributed by atoms with Crippen LogP contribution in [0.3, 0.4) is 0 Å². The molecule has 0 saturated heterocycles. The predicted molar refractivity (Wildman–Crippen MR) is 127 cm³/mol. The maximum absolute atomic E-state index is 13.2. The molecular weight excluding hydrogens is 440 g/mol. The second kappa shape index (κ2) is 10.4. The normalized spacial score (nSPS) is 12.1. The number of ether oxygens (including phenoxy) is 1. The lowest BCUT2D eigenvalue weighted by atomic mass is 10.1. The zero-order valence-electron chi connectivity index (χ0n) is 18.7. The highest BCUT2D eigenvalue weighted by atomic mass is 32.2. The van der Waals surface area contributed by atoms with Gasteiger partial charge in [-0.3, -0.25) is 9.59 Å². The van der Waals surface area contributed by atoms with Gasteiger partial charge in [-0.2, -0.15) is 4.72 Å². The fourth-order valence-electron chi connectivity index (χ4n) is 3.33. The third-order valence-electron chi connectivity index (χ3n) is 5.04. The lowest BCUT2D eigenvalue weighted by Crippen LogP contribution is -2.45. The Kier molecular flexibility index (Phi) is 7.63. The van der Waals surface area contributed by atoms with Crippen molar-refractivity contribution in [2.75, 3.05) is 12.4 Å². The molecule has 0 saturated carbocycles. The summed E-state index contributed by atoms with van der Waals surface area (Å²) in [6.07, 6.45) is 0.131. The van der Waals surface area contributed by atoms with Crippen LogP contribution in [0.1, 0.15) is 28.4 Å². The number of benzene rings is 3. The number of nitrogens with one attached hydrogen (secondary N) is 2. The van der Waals surface area contributed by atoms with Gasteiger partial charge in [-0.1, -0.05) is 48.5 Å². The van der Waals surface area contributed by atoms with E-state index < -0.39 is 22.0 Å². The van der Waals surface area contributed by atoms with Crippen LogP contribution in [0.25, 0.3) is 0 Å². The summed E-state index contributed by atoms with van der Waals surface area (Å²) in [5, 5.41) is 2.72. The van der Waals surface area contributed by atoms with Gasteiger partial charge < -0.3 is 10.1 Å². The second-order valence-electron chi connectivity index (χ2n) is 7.64. The molecule has 172 valence electrons. The standard InChI is InChI=1S/C25H26N2O5S/c1-17-12-13-23(32-3)24(14-17)33(30,31)27-22(15-19-8-5-4-6-9-19)25(29)26-21-11-7-10-20(16-21)18(2)28/h4-14,16,22,27H,15H2,1-3H3,(H,26,29)/t22-/m1/s1. The van der Waals surface area contributed by atoms with Crippen LogP contribution in [0.5, 0.6) is 5.75 Å². The van der Waals surface area contributed by atoms with E-state index in [0.29, 0.717) is 11.3 Å². The smallest absolute Gasteiger partial charge is 0.245 e. The number of rotatable bonds is 9. The van der Waals surface area contributed by atoms with Crippen LogP contribution in [-0.2, 0) is 21.2 Å². The minimum atomic E-state index is -4.09. The quantitative estimate of drug-likeness (QED) is 0.468. The van der Waals surface area contributed by atoms with Crippen molar-refractivity contribution >= 4 is 27.4 Å². The number of methoxy groups -OCH3 is 1. The van der Waals surface area contributed by atoms with Crippen LogP contribution in [0.4, 0.5) is 5.69 Å². The van der Waals surface area contributed by atoms with E-state index in [4.69, 9.17) is 4.74 Å². The van der Waals surface area contributed by atoms with Crippen LogP contribution in [0.2, 0.25) is 0 Å². The molecule has 0 fully saturated rings. The summed E-state index contributed by atoms with van der Waals surface area (Å²) in [4.78, 5) is 24.8. The average molecular weight is 467 g/mol. The molecule has 2 N–H and O–H groups in total. The largest absolute Gasteiger partial charge is 0.495 e.